The first kappa shape index (κ1) is 21.1. The monoisotopic (exact) mass is 390 g/mol. The Morgan fingerprint density at radius 3 is 2.50 bits per heavy atom. The number of hydrogen-bond acceptors (Lipinski definition) is 7. The summed E-state index contributed by atoms with van der Waals surface area (Å²) in [7, 11) is -1.41. The van der Waals surface area contributed by atoms with Gasteiger partial charge in [0.25, 0.3) is 0 Å². The molecule has 2 saturated heterocycles. The van der Waals surface area contributed by atoms with Gasteiger partial charge in [-0.05, 0) is 13.3 Å². The molecule has 150 valence electrons. The third-order valence-corrected chi connectivity index (χ3v) is 6.68. The van der Waals surface area contributed by atoms with E-state index in [0.717, 1.165) is 0 Å². The van der Waals surface area contributed by atoms with Crippen molar-refractivity contribution < 1.29 is 22.7 Å². The van der Waals surface area contributed by atoms with E-state index in [1.165, 1.54) is 0 Å². The van der Waals surface area contributed by atoms with Crippen LogP contribution in [-0.4, -0.2) is 107 Å². The van der Waals surface area contributed by atoms with E-state index in [1.807, 2.05) is 6.92 Å². The van der Waals surface area contributed by atoms with E-state index in [2.05, 4.69) is 20.4 Å². The highest BCUT2D eigenvalue weighted by molar-refractivity contribution is 7.91. The van der Waals surface area contributed by atoms with Crippen molar-refractivity contribution in [3.63, 3.8) is 0 Å². The van der Waals surface area contributed by atoms with E-state index < -0.39 is 9.84 Å². The Kier molecular flexibility index (Phi) is 7.81. The van der Waals surface area contributed by atoms with Crippen LogP contribution in [0.1, 0.15) is 13.3 Å². The number of sulfone groups is 1. The fourth-order valence-electron chi connectivity index (χ4n) is 3.26. The molecule has 2 amide bonds. The predicted molar refractivity (Wildman–Crippen MR) is 97.6 cm³/mol. The van der Waals surface area contributed by atoms with Gasteiger partial charge < -0.3 is 15.4 Å². The van der Waals surface area contributed by atoms with Gasteiger partial charge in [-0.3, -0.25) is 19.4 Å². The number of amides is 2. The lowest BCUT2D eigenvalue weighted by Gasteiger charge is -2.37. The Bertz CT molecular complexity index is 589. The molecule has 0 radical (unpaired) electrons. The maximum atomic E-state index is 12.4. The van der Waals surface area contributed by atoms with Crippen LogP contribution >= 0.6 is 0 Å². The van der Waals surface area contributed by atoms with Crippen molar-refractivity contribution >= 4 is 21.7 Å². The third-order valence-electron chi connectivity index (χ3n) is 4.91. The number of hydrogen-bond donors (Lipinski definition) is 2. The largest absolute Gasteiger partial charge is 0.383 e. The average Bonchev–Trinajstić information content (AvgIpc) is 2.93. The molecule has 10 heteroatoms. The Labute approximate surface area is 155 Å². The zero-order valence-corrected chi connectivity index (χ0v) is 16.4. The number of nitrogens with one attached hydrogen (secondary N) is 2. The number of rotatable bonds is 8. The molecule has 2 aliphatic heterocycles. The van der Waals surface area contributed by atoms with Crippen LogP contribution in [-0.2, 0) is 24.2 Å². The summed E-state index contributed by atoms with van der Waals surface area (Å²) in [5.74, 6) is 0.0380. The van der Waals surface area contributed by atoms with Crippen molar-refractivity contribution in [2.24, 2.45) is 0 Å². The van der Waals surface area contributed by atoms with E-state index in [9.17, 15) is 18.0 Å². The lowest BCUT2D eigenvalue weighted by atomic mass is 10.2. The Hall–Kier alpha value is -1.23. The Balaban J connectivity index is 1.69. The van der Waals surface area contributed by atoms with Crippen LogP contribution in [0.4, 0.5) is 0 Å². The summed E-state index contributed by atoms with van der Waals surface area (Å²) in [6.07, 6.45) is 0.493. The maximum Gasteiger partial charge on any atom is 0.237 e. The number of carbonyl (C=O) groups excluding carboxylic acids is 2. The Morgan fingerprint density at radius 2 is 1.92 bits per heavy atom. The number of carbonyl (C=O) groups is 2. The van der Waals surface area contributed by atoms with Gasteiger partial charge in [-0.1, -0.05) is 0 Å². The van der Waals surface area contributed by atoms with Gasteiger partial charge in [0, 0.05) is 45.9 Å². The number of piperazine rings is 1. The first-order valence-corrected chi connectivity index (χ1v) is 10.9. The molecule has 0 aromatic heterocycles. The molecular formula is C16H30N4O5S. The summed E-state index contributed by atoms with van der Waals surface area (Å²) < 4.78 is 27.9. The van der Waals surface area contributed by atoms with Crippen LogP contribution in [0.2, 0.25) is 0 Å². The first-order valence-electron chi connectivity index (χ1n) is 9.03. The molecule has 2 unspecified atom stereocenters. The predicted octanol–water partition coefficient (Wildman–Crippen LogP) is -1.94. The highest BCUT2D eigenvalue weighted by Crippen LogP contribution is 2.12. The summed E-state index contributed by atoms with van der Waals surface area (Å²) in [4.78, 5) is 28.3. The molecular weight excluding hydrogens is 360 g/mol. The fourth-order valence-corrected chi connectivity index (χ4v) is 4.93. The highest BCUT2D eigenvalue weighted by Gasteiger charge is 2.32. The summed E-state index contributed by atoms with van der Waals surface area (Å²) in [5.41, 5.74) is 0. The zero-order valence-electron chi connectivity index (χ0n) is 15.6. The summed E-state index contributed by atoms with van der Waals surface area (Å²) >= 11 is 0. The van der Waals surface area contributed by atoms with Gasteiger partial charge in [-0.15, -0.1) is 0 Å². The lowest BCUT2D eigenvalue weighted by Crippen LogP contribution is -2.56. The number of ether oxygens (including phenoxy) is 1. The maximum absolute atomic E-state index is 12.4. The van der Waals surface area contributed by atoms with Gasteiger partial charge in [-0.2, -0.15) is 0 Å². The van der Waals surface area contributed by atoms with Crippen molar-refractivity contribution in [1.82, 2.24) is 20.4 Å². The van der Waals surface area contributed by atoms with E-state index in [1.54, 1.807) is 7.11 Å². The van der Waals surface area contributed by atoms with Gasteiger partial charge in [0.15, 0.2) is 9.84 Å². The van der Waals surface area contributed by atoms with Crippen molar-refractivity contribution in [2.45, 2.75) is 25.4 Å². The average molecular weight is 391 g/mol. The Morgan fingerprint density at radius 1 is 1.23 bits per heavy atom. The summed E-state index contributed by atoms with van der Waals surface area (Å²) in [6, 6.07) is -0.581. The molecule has 2 rings (SSSR count). The SMILES string of the molecule is COCCNC(=O)CN1CCN(C(C)C(=O)NC2CCS(=O)(=O)C2)CC1. The molecule has 26 heavy (non-hydrogen) atoms. The van der Waals surface area contributed by atoms with Crippen LogP contribution in [0, 0.1) is 0 Å². The zero-order chi connectivity index (χ0) is 19.2. The van der Waals surface area contributed by atoms with E-state index in [4.69, 9.17) is 4.74 Å². The van der Waals surface area contributed by atoms with Crippen molar-refractivity contribution in [3.8, 4) is 0 Å². The minimum absolute atomic E-state index is 0.0243. The molecule has 0 saturated carbocycles. The molecule has 2 fully saturated rings. The van der Waals surface area contributed by atoms with Crippen molar-refractivity contribution in [2.75, 3.05) is 64.5 Å². The van der Waals surface area contributed by atoms with E-state index >= 15 is 0 Å². The number of nitrogens with zero attached hydrogens (tertiary/aromatic N) is 2. The van der Waals surface area contributed by atoms with Crippen molar-refractivity contribution in [3.05, 3.63) is 0 Å². The molecule has 0 bridgehead atoms. The highest BCUT2D eigenvalue weighted by atomic mass is 32.2. The third kappa shape index (κ3) is 6.49. The molecule has 2 atom stereocenters. The molecule has 2 aliphatic rings. The second-order valence-corrected chi connectivity index (χ2v) is 9.17. The van der Waals surface area contributed by atoms with Crippen LogP contribution in [0.15, 0.2) is 0 Å². The molecule has 0 aromatic carbocycles. The quantitative estimate of drug-likeness (QED) is 0.464. The molecule has 0 aromatic rings. The topological polar surface area (TPSA) is 108 Å². The van der Waals surface area contributed by atoms with Gasteiger partial charge in [0.05, 0.1) is 30.7 Å². The summed E-state index contributed by atoms with van der Waals surface area (Å²) in [5, 5.41) is 5.65. The molecule has 0 spiro atoms. The minimum Gasteiger partial charge on any atom is -0.383 e. The molecule has 9 nitrogen and oxygen atoms in total. The van der Waals surface area contributed by atoms with Gasteiger partial charge in [0.1, 0.15) is 0 Å². The number of methoxy groups -OCH3 is 1. The smallest absolute Gasteiger partial charge is 0.237 e. The van der Waals surface area contributed by atoms with Gasteiger partial charge in [-0.25, -0.2) is 8.42 Å². The van der Waals surface area contributed by atoms with Crippen LogP contribution in [0.3, 0.4) is 0 Å². The van der Waals surface area contributed by atoms with Crippen LogP contribution in [0.25, 0.3) is 0 Å². The van der Waals surface area contributed by atoms with Crippen LogP contribution < -0.4 is 10.6 Å². The standard InChI is InChI=1S/C16H30N4O5S/c1-13(16(22)18-14-3-10-26(23,24)12-14)20-7-5-19(6-8-20)11-15(21)17-4-9-25-2/h13-14H,3-12H2,1-2H3,(H,17,21)(H,18,22). The fraction of sp³-hybridized carbons (Fsp3) is 0.875. The first-order chi connectivity index (χ1) is 12.3. The van der Waals surface area contributed by atoms with E-state index in [0.29, 0.717) is 52.3 Å². The van der Waals surface area contributed by atoms with Gasteiger partial charge in [0.2, 0.25) is 11.8 Å². The minimum atomic E-state index is -3.00. The lowest BCUT2D eigenvalue weighted by molar-refractivity contribution is -0.128. The normalized spacial score (nSPS) is 24.9. The summed E-state index contributed by atoms with van der Waals surface area (Å²) in [6.45, 7) is 6.01. The van der Waals surface area contributed by atoms with Gasteiger partial charge >= 0.3 is 0 Å². The van der Waals surface area contributed by atoms with Crippen molar-refractivity contribution in [1.29, 1.82) is 0 Å². The van der Waals surface area contributed by atoms with E-state index in [-0.39, 0.29) is 35.4 Å². The molecule has 0 aliphatic carbocycles. The second-order valence-electron chi connectivity index (χ2n) is 6.94. The molecule has 2 heterocycles. The van der Waals surface area contributed by atoms with Crippen LogP contribution in [0.5, 0.6) is 0 Å². The second kappa shape index (κ2) is 9.63. The molecule has 2 N–H and O–H groups in total.